The van der Waals surface area contributed by atoms with Gasteiger partial charge in [0.1, 0.15) is 17.7 Å². The van der Waals surface area contributed by atoms with Crippen molar-refractivity contribution in [2.45, 2.75) is 13.0 Å². The molecule has 0 saturated carbocycles. The summed E-state index contributed by atoms with van der Waals surface area (Å²) in [6, 6.07) is 18.4. The molecule has 0 bridgehead atoms. The summed E-state index contributed by atoms with van der Waals surface area (Å²) in [6.07, 6.45) is 1.76. The molecule has 0 spiro atoms. The van der Waals surface area contributed by atoms with Gasteiger partial charge in [-0.3, -0.25) is 4.79 Å². The summed E-state index contributed by atoms with van der Waals surface area (Å²) < 4.78 is 21.5. The van der Waals surface area contributed by atoms with Crippen LogP contribution in [0, 0.1) is 17.1 Å². The van der Waals surface area contributed by atoms with Gasteiger partial charge in [-0.15, -0.1) is 5.10 Å². The number of carbonyl (C=O) groups excluding carboxylic acids is 1. The molecule has 10 heteroatoms. The lowest BCUT2D eigenvalue weighted by molar-refractivity contribution is -0.129. The van der Waals surface area contributed by atoms with Crippen LogP contribution in [0.2, 0.25) is 0 Å². The van der Waals surface area contributed by atoms with Crippen LogP contribution < -0.4 is 9.80 Å². The number of hydrogen-bond acceptors (Lipinski definition) is 7. The Bertz CT molecular complexity index is 1570. The first-order valence-electron chi connectivity index (χ1n) is 13.0. The van der Waals surface area contributed by atoms with Crippen molar-refractivity contribution in [2.24, 2.45) is 0 Å². The molecule has 2 aromatic heterocycles. The molecule has 2 fully saturated rings. The van der Waals surface area contributed by atoms with Crippen LogP contribution >= 0.6 is 0 Å². The maximum absolute atomic E-state index is 14.0. The van der Waals surface area contributed by atoms with Gasteiger partial charge in [0, 0.05) is 45.2 Å². The van der Waals surface area contributed by atoms with Gasteiger partial charge in [-0.1, -0.05) is 18.2 Å². The second kappa shape index (κ2) is 10.3. The Kier molecular flexibility index (Phi) is 6.59. The molecule has 9 nitrogen and oxygen atoms in total. The average molecular weight is 526 g/mol. The monoisotopic (exact) mass is 525 g/mol. The van der Waals surface area contributed by atoms with Gasteiger partial charge in [-0.05, 0) is 42.0 Å². The van der Waals surface area contributed by atoms with Crippen molar-refractivity contribution in [3.05, 3.63) is 77.7 Å². The fourth-order valence-electron chi connectivity index (χ4n) is 5.40. The van der Waals surface area contributed by atoms with Crippen molar-refractivity contribution in [3.8, 4) is 17.3 Å². The van der Waals surface area contributed by atoms with Crippen LogP contribution in [0.5, 0.6) is 0 Å². The molecular weight excluding hydrogens is 497 g/mol. The van der Waals surface area contributed by atoms with E-state index in [1.165, 1.54) is 6.07 Å². The van der Waals surface area contributed by atoms with E-state index in [9.17, 15) is 14.4 Å². The van der Waals surface area contributed by atoms with Crippen LogP contribution in [0.3, 0.4) is 0 Å². The van der Waals surface area contributed by atoms with Crippen LogP contribution in [0.1, 0.15) is 24.1 Å². The zero-order valence-corrected chi connectivity index (χ0v) is 21.6. The van der Waals surface area contributed by atoms with Crippen molar-refractivity contribution in [1.82, 2.24) is 19.5 Å². The van der Waals surface area contributed by atoms with Crippen LogP contribution in [-0.2, 0) is 9.53 Å². The van der Waals surface area contributed by atoms with Crippen molar-refractivity contribution in [2.75, 3.05) is 55.7 Å². The van der Waals surface area contributed by atoms with E-state index >= 15 is 0 Å². The highest BCUT2D eigenvalue weighted by Gasteiger charge is 2.27. The Balaban J connectivity index is 1.32. The topological polar surface area (TPSA) is 90.0 Å². The lowest BCUT2D eigenvalue weighted by Crippen LogP contribution is -2.48. The number of halogens is 1. The van der Waals surface area contributed by atoms with Gasteiger partial charge in [0.2, 0.25) is 5.91 Å². The number of nitrogens with zero attached hydrogens (tertiary/aromatic N) is 7. The van der Waals surface area contributed by atoms with Crippen LogP contribution in [0.25, 0.3) is 16.9 Å². The molecule has 198 valence electrons. The Hall–Kier alpha value is -4.49. The summed E-state index contributed by atoms with van der Waals surface area (Å²) in [5.41, 5.74) is 4.55. The number of amides is 1. The number of benzene rings is 2. The highest BCUT2D eigenvalue weighted by molar-refractivity contribution is 5.74. The Morgan fingerprint density at radius 2 is 1.92 bits per heavy atom. The summed E-state index contributed by atoms with van der Waals surface area (Å²) in [5, 5.41) is 14.9. The quantitative estimate of drug-likeness (QED) is 0.402. The number of nitriles is 1. The van der Waals surface area contributed by atoms with Crippen molar-refractivity contribution >= 4 is 23.1 Å². The lowest BCUT2D eigenvalue weighted by atomic mass is 10.0. The van der Waals surface area contributed by atoms with Gasteiger partial charge in [0.25, 0.3) is 0 Å². The third kappa shape index (κ3) is 4.77. The Morgan fingerprint density at radius 1 is 1.08 bits per heavy atom. The molecule has 6 rings (SSSR count). The number of anilines is 2. The fraction of sp³-hybridized carbons (Fsp3) is 0.310. The minimum atomic E-state index is -0.282. The molecule has 39 heavy (non-hydrogen) atoms. The average Bonchev–Trinajstić information content (AvgIpc) is 3.40. The molecule has 1 unspecified atom stereocenters. The summed E-state index contributed by atoms with van der Waals surface area (Å²) in [4.78, 5) is 22.3. The fourth-order valence-corrected chi connectivity index (χ4v) is 5.40. The standard InChI is InChI=1S/C29H28FN7O2/c1-20(38)34-9-11-35(12-10-34)25-6-5-22(15-23(25)17-31)26-18-32-28-7-8-29(33-37(26)28)36-13-14-39-19-27(36)21-3-2-4-24(30)16-21/h2-8,15-16,18,27H,9-14,19H2,1H3. The van der Waals surface area contributed by atoms with E-state index < -0.39 is 0 Å². The number of imidazole rings is 1. The van der Waals surface area contributed by atoms with Crippen LogP contribution in [-0.4, -0.2) is 71.3 Å². The van der Waals surface area contributed by atoms with E-state index in [2.05, 4.69) is 20.9 Å². The number of morpholine rings is 1. The predicted octanol–water partition coefficient (Wildman–Crippen LogP) is 3.65. The van der Waals surface area contributed by atoms with Gasteiger partial charge >= 0.3 is 0 Å². The molecule has 4 heterocycles. The van der Waals surface area contributed by atoms with E-state index in [0.717, 1.165) is 28.3 Å². The largest absolute Gasteiger partial charge is 0.377 e. The summed E-state index contributed by atoms with van der Waals surface area (Å²) in [6.45, 7) is 5.83. The van der Waals surface area contributed by atoms with Crippen LogP contribution in [0.15, 0.2) is 60.8 Å². The third-order valence-corrected chi connectivity index (χ3v) is 7.48. The van der Waals surface area contributed by atoms with Gasteiger partial charge in [0.05, 0.1) is 42.4 Å². The molecular formula is C29H28FN7O2. The van der Waals surface area contributed by atoms with E-state index in [1.807, 2.05) is 41.3 Å². The van der Waals surface area contributed by atoms with Gasteiger partial charge in [-0.25, -0.2) is 13.9 Å². The van der Waals surface area contributed by atoms with Crippen molar-refractivity contribution in [1.29, 1.82) is 5.26 Å². The van der Waals surface area contributed by atoms with Crippen molar-refractivity contribution < 1.29 is 13.9 Å². The number of fused-ring (bicyclic) bond motifs is 1. The molecule has 2 aromatic carbocycles. The van der Waals surface area contributed by atoms with E-state index in [0.29, 0.717) is 57.1 Å². The van der Waals surface area contributed by atoms with Crippen molar-refractivity contribution in [3.63, 3.8) is 0 Å². The first-order valence-corrected chi connectivity index (χ1v) is 13.0. The lowest BCUT2D eigenvalue weighted by Gasteiger charge is -2.36. The second-order valence-electron chi connectivity index (χ2n) is 9.78. The number of piperazine rings is 1. The number of ether oxygens (including phenoxy) is 1. The molecule has 2 aliphatic heterocycles. The molecule has 0 N–H and O–H groups in total. The molecule has 0 aliphatic carbocycles. The summed E-state index contributed by atoms with van der Waals surface area (Å²) in [5.74, 6) is 0.528. The maximum atomic E-state index is 14.0. The normalized spacial score (nSPS) is 17.9. The minimum absolute atomic E-state index is 0.0734. The van der Waals surface area contributed by atoms with E-state index in [1.54, 1.807) is 29.8 Å². The highest BCUT2D eigenvalue weighted by atomic mass is 19.1. The molecule has 1 atom stereocenters. The number of rotatable bonds is 4. The molecule has 4 aromatic rings. The van der Waals surface area contributed by atoms with Gasteiger partial charge < -0.3 is 19.4 Å². The van der Waals surface area contributed by atoms with Gasteiger partial charge in [-0.2, -0.15) is 5.26 Å². The Morgan fingerprint density at radius 3 is 2.69 bits per heavy atom. The minimum Gasteiger partial charge on any atom is -0.377 e. The molecule has 2 aliphatic rings. The Labute approximate surface area is 225 Å². The zero-order valence-electron chi connectivity index (χ0n) is 21.6. The highest BCUT2D eigenvalue weighted by Crippen LogP contribution is 2.32. The summed E-state index contributed by atoms with van der Waals surface area (Å²) >= 11 is 0. The van der Waals surface area contributed by atoms with E-state index in [4.69, 9.17) is 9.84 Å². The number of carbonyl (C=O) groups is 1. The molecule has 2 saturated heterocycles. The van der Waals surface area contributed by atoms with Crippen LogP contribution in [0.4, 0.5) is 15.9 Å². The first-order chi connectivity index (χ1) is 19.0. The number of aromatic nitrogens is 3. The SMILES string of the molecule is CC(=O)N1CCN(c2ccc(-c3cnc4ccc(N5CCOCC5c5cccc(F)c5)nn34)cc2C#N)CC1. The van der Waals surface area contributed by atoms with Gasteiger partial charge in [0.15, 0.2) is 5.65 Å². The maximum Gasteiger partial charge on any atom is 0.219 e. The predicted molar refractivity (Wildman–Crippen MR) is 145 cm³/mol. The number of hydrogen-bond donors (Lipinski definition) is 0. The molecule has 0 radical (unpaired) electrons. The zero-order chi connectivity index (χ0) is 26.9. The van der Waals surface area contributed by atoms with E-state index in [-0.39, 0.29) is 17.8 Å². The molecule has 1 amide bonds. The summed E-state index contributed by atoms with van der Waals surface area (Å²) in [7, 11) is 0. The smallest absolute Gasteiger partial charge is 0.219 e. The third-order valence-electron chi connectivity index (χ3n) is 7.48. The second-order valence-corrected chi connectivity index (χ2v) is 9.78. The first kappa shape index (κ1) is 24.8.